The average Bonchev–Trinajstić information content (AvgIpc) is 2.75. The van der Waals surface area contributed by atoms with Gasteiger partial charge in [0.15, 0.2) is 0 Å². The summed E-state index contributed by atoms with van der Waals surface area (Å²) in [7, 11) is 1.86. The van der Waals surface area contributed by atoms with Crippen LogP contribution in [-0.2, 0) is 4.79 Å². The smallest absolute Gasteiger partial charge is 0.237 e. The molecule has 2 fully saturated rings. The van der Waals surface area contributed by atoms with Gasteiger partial charge in [-0.1, -0.05) is 19.3 Å². The predicted molar refractivity (Wildman–Crippen MR) is 73.1 cm³/mol. The summed E-state index contributed by atoms with van der Waals surface area (Å²) in [6, 6.07) is 0. The van der Waals surface area contributed by atoms with Crippen molar-refractivity contribution in [3.63, 3.8) is 0 Å². The van der Waals surface area contributed by atoms with Gasteiger partial charge in [-0.2, -0.15) is 11.8 Å². The molecule has 2 saturated carbocycles. The molecular formula is C13H24N2OS. The zero-order valence-electron chi connectivity index (χ0n) is 10.7. The van der Waals surface area contributed by atoms with E-state index in [0.717, 1.165) is 24.5 Å². The number of primary amides is 1. The fourth-order valence-corrected chi connectivity index (χ4v) is 4.95. The Morgan fingerprint density at radius 2 is 1.94 bits per heavy atom. The number of carbonyl (C=O) groups excluding carboxylic acids is 1. The minimum Gasteiger partial charge on any atom is -0.368 e. The number of amides is 1. The summed E-state index contributed by atoms with van der Waals surface area (Å²) >= 11 is 2.12. The van der Waals surface area contributed by atoms with Crippen LogP contribution >= 0.6 is 11.8 Å². The van der Waals surface area contributed by atoms with Gasteiger partial charge in [0.05, 0.1) is 5.54 Å². The summed E-state index contributed by atoms with van der Waals surface area (Å²) in [5.74, 6) is -0.174. The normalized spacial score (nSPS) is 35.0. The van der Waals surface area contributed by atoms with Gasteiger partial charge in [-0.3, -0.25) is 4.79 Å². The van der Waals surface area contributed by atoms with E-state index in [2.05, 4.69) is 17.1 Å². The Kier molecular flexibility index (Phi) is 4.36. The highest BCUT2D eigenvalue weighted by molar-refractivity contribution is 8.00. The minimum absolute atomic E-state index is 0.174. The predicted octanol–water partition coefficient (Wildman–Crippen LogP) is 2.05. The third kappa shape index (κ3) is 2.97. The molecule has 0 aromatic carbocycles. The van der Waals surface area contributed by atoms with Crippen molar-refractivity contribution in [1.29, 1.82) is 0 Å². The second-order valence-electron chi connectivity index (χ2n) is 5.46. The van der Waals surface area contributed by atoms with Crippen molar-refractivity contribution in [1.82, 2.24) is 5.32 Å². The zero-order chi connectivity index (χ0) is 12.3. The van der Waals surface area contributed by atoms with E-state index in [1.54, 1.807) is 0 Å². The molecule has 0 aromatic rings. The van der Waals surface area contributed by atoms with Gasteiger partial charge in [-0.05, 0) is 39.2 Å². The molecule has 3 N–H and O–H groups in total. The second-order valence-corrected chi connectivity index (χ2v) is 7.06. The van der Waals surface area contributed by atoms with Gasteiger partial charge in [0.2, 0.25) is 5.91 Å². The van der Waals surface area contributed by atoms with Crippen LogP contribution in [0.4, 0.5) is 0 Å². The standard InChI is InChI=1S/C13H24N2OS/c1-15-13(12(14)16)8-7-11(9-13)17-10-5-3-2-4-6-10/h10-11,15H,2-9H2,1H3,(H2,14,16). The lowest BCUT2D eigenvalue weighted by Crippen LogP contribution is -2.52. The molecule has 2 unspecified atom stereocenters. The maximum Gasteiger partial charge on any atom is 0.237 e. The fraction of sp³-hybridized carbons (Fsp3) is 0.923. The van der Waals surface area contributed by atoms with Crippen molar-refractivity contribution in [3.8, 4) is 0 Å². The first-order chi connectivity index (χ1) is 8.16. The largest absolute Gasteiger partial charge is 0.368 e. The van der Waals surface area contributed by atoms with E-state index in [1.165, 1.54) is 32.1 Å². The highest BCUT2D eigenvalue weighted by Crippen LogP contribution is 2.41. The topological polar surface area (TPSA) is 55.1 Å². The molecule has 0 aromatic heterocycles. The minimum atomic E-state index is -0.424. The number of hydrogen-bond acceptors (Lipinski definition) is 3. The maximum atomic E-state index is 11.5. The first-order valence-corrected chi connectivity index (χ1v) is 7.75. The average molecular weight is 256 g/mol. The van der Waals surface area contributed by atoms with E-state index < -0.39 is 5.54 Å². The van der Waals surface area contributed by atoms with E-state index >= 15 is 0 Å². The molecule has 0 radical (unpaired) electrons. The van der Waals surface area contributed by atoms with E-state index in [9.17, 15) is 4.79 Å². The Bertz CT molecular complexity index is 279. The van der Waals surface area contributed by atoms with Crippen LogP contribution in [0.3, 0.4) is 0 Å². The molecule has 2 aliphatic carbocycles. The second kappa shape index (κ2) is 5.61. The van der Waals surface area contributed by atoms with Gasteiger partial charge in [0.25, 0.3) is 0 Å². The monoisotopic (exact) mass is 256 g/mol. The van der Waals surface area contributed by atoms with Gasteiger partial charge < -0.3 is 11.1 Å². The number of rotatable bonds is 4. The molecule has 2 aliphatic rings. The van der Waals surface area contributed by atoms with E-state index in [4.69, 9.17) is 5.73 Å². The molecular weight excluding hydrogens is 232 g/mol. The van der Waals surface area contributed by atoms with Crippen LogP contribution < -0.4 is 11.1 Å². The number of likely N-dealkylation sites (N-methyl/N-ethyl adjacent to an activating group) is 1. The van der Waals surface area contributed by atoms with Crippen molar-refractivity contribution < 1.29 is 4.79 Å². The van der Waals surface area contributed by atoms with Gasteiger partial charge in [-0.15, -0.1) is 0 Å². The Hall–Kier alpha value is -0.220. The summed E-state index contributed by atoms with van der Waals surface area (Å²) in [6.07, 6.45) is 9.86. The Balaban J connectivity index is 1.86. The van der Waals surface area contributed by atoms with Crippen molar-refractivity contribution in [2.24, 2.45) is 5.73 Å². The lowest BCUT2D eigenvalue weighted by atomic mass is 9.97. The van der Waals surface area contributed by atoms with Gasteiger partial charge >= 0.3 is 0 Å². The molecule has 1 amide bonds. The molecule has 4 heteroatoms. The zero-order valence-corrected chi connectivity index (χ0v) is 11.5. The van der Waals surface area contributed by atoms with Crippen LogP contribution in [0.25, 0.3) is 0 Å². The van der Waals surface area contributed by atoms with Crippen molar-refractivity contribution in [3.05, 3.63) is 0 Å². The third-order valence-electron chi connectivity index (χ3n) is 4.36. The third-order valence-corrected chi connectivity index (χ3v) is 6.00. The molecule has 0 saturated heterocycles. The number of nitrogens with two attached hydrogens (primary N) is 1. The van der Waals surface area contributed by atoms with Gasteiger partial charge in [0.1, 0.15) is 0 Å². The van der Waals surface area contributed by atoms with Crippen LogP contribution in [0.1, 0.15) is 51.4 Å². The van der Waals surface area contributed by atoms with Crippen LogP contribution in [0.15, 0.2) is 0 Å². The van der Waals surface area contributed by atoms with E-state index in [-0.39, 0.29) is 5.91 Å². The molecule has 17 heavy (non-hydrogen) atoms. The number of hydrogen-bond donors (Lipinski definition) is 2. The molecule has 2 rings (SSSR count). The molecule has 0 aliphatic heterocycles. The molecule has 2 atom stereocenters. The summed E-state index contributed by atoms with van der Waals surface area (Å²) in [6.45, 7) is 0. The highest BCUT2D eigenvalue weighted by atomic mass is 32.2. The van der Waals surface area contributed by atoms with Crippen molar-refractivity contribution in [2.45, 2.75) is 67.4 Å². The van der Waals surface area contributed by atoms with Crippen LogP contribution in [0, 0.1) is 0 Å². The number of nitrogens with one attached hydrogen (secondary N) is 1. The summed E-state index contributed by atoms with van der Waals surface area (Å²) in [5, 5.41) is 4.61. The Morgan fingerprint density at radius 3 is 2.47 bits per heavy atom. The maximum absolute atomic E-state index is 11.5. The van der Waals surface area contributed by atoms with Crippen LogP contribution in [0.2, 0.25) is 0 Å². The summed E-state index contributed by atoms with van der Waals surface area (Å²) in [5.41, 5.74) is 5.10. The molecule has 0 heterocycles. The van der Waals surface area contributed by atoms with Crippen LogP contribution in [-0.4, -0.2) is 29.0 Å². The van der Waals surface area contributed by atoms with Crippen LogP contribution in [0.5, 0.6) is 0 Å². The summed E-state index contributed by atoms with van der Waals surface area (Å²) in [4.78, 5) is 11.5. The quantitative estimate of drug-likeness (QED) is 0.809. The van der Waals surface area contributed by atoms with Crippen molar-refractivity contribution in [2.75, 3.05) is 7.05 Å². The Labute approximate surface area is 108 Å². The molecule has 0 bridgehead atoms. The van der Waals surface area contributed by atoms with Crippen molar-refractivity contribution >= 4 is 17.7 Å². The van der Waals surface area contributed by atoms with Gasteiger partial charge in [0, 0.05) is 10.5 Å². The van der Waals surface area contributed by atoms with Gasteiger partial charge in [-0.25, -0.2) is 0 Å². The lowest BCUT2D eigenvalue weighted by molar-refractivity contribution is -0.124. The van der Waals surface area contributed by atoms with E-state index in [1.807, 2.05) is 7.05 Å². The van der Waals surface area contributed by atoms with E-state index in [0.29, 0.717) is 5.25 Å². The molecule has 98 valence electrons. The first kappa shape index (κ1) is 13.2. The SMILES string of the molecule is CNC1(C(N)=O)CCC(SC2CCCCC2)C1. The highest BCUT2D eigenvalue weighted by Gasteiger charge is 2.43. The molecule has 0 spiro atoms. The lowest BCUT2D eigenvalue weighted by Gasteiger charge is -2.27. The number of thioether (sulfide) groups is 1. The summed E-state index contributed by atoms with van der Waals surface area (Å²) < 4.78 is 0. The Morgan fingerprint density at radius 1 is 1.24 bits per heavy atom. The molecule has 3 nitrogen and oxygen atoms in total. The fourth-order valence-electron chi connectivity index (χ4n) is 3.16. The first-order valence-electron chi connectivity index (χ1n) is 6.80. The number of carbonyl (C=O) groups is 1.